The van der Waals surface area contributed by atoms with Crippen LogP contribution in [-0.4, -0.2) is 29.7 Å². The van der Waals surface area contributed by atoms with Gasteiger partial charge in [0.25, 0.3) is 0 Å². The summed E-state index contributed by atoms with van der Waals surface area (Å²) in [5.74, 6) is -0.0661. The summed E-state index contributed by atoms with van der Waals surface area (Å²) < 4.78 is 0. The fourth-order valence-electron chi connectivity index (χ4n) is 1.67. The first kappa shape index (κ1) is 14.7. The largest absolute Gasteiger partial charge is 0.396 e. The number of aliphatic hydroxyl groups excluding tert-OH is 1. The molecule has 0 aliphatic rings. The van der Waals surface area contributed by atoms with Gasteiger partial charge in [0.05, 0.1) is 6.04 Å². The third-order valence-corrected chi connectivity index (χ3v) is 2.81. The molecular weight excluding hydrogens is 228 g/mol. The maximum atomic E-state index is 11.9. The van der Waals surface area contributed by atoms with Crippen molar-refractivity contribution < 1.29 is 9.90 Å². The zero-order valence-corrected chi connectivity index (χ0v) is 11.2. The molecule has 0 bridgehead atoms. The van der Waals surface area contributed by atoms with E-state index in [1.807, 2.05) is 45.0 Å². The average Bonchev–Trinajstić information content (AvgIpc) is 2.32. The van der Waals surface area contributed by atoms with E-state index >= 15 is 0 Å². The summed E-state index contributed by atoms with van der Waals surface area (Å²) in [5, 5.41) is 14.8. The van der Waals surface area contributed by atoms with Crippen molar-refractivity contribution in [2.75, 3.05) is 11.9 Å². The lowest BCUT2D eigenvalue weighted by atomic mass is 10.2. The molecule has 1 rings (SSSR count). The molecular formula is C14H22N2O2. The van der Waals surface area contributed by atoms with E-state index < -0.39 is 0 Å². The van der Waals surface area contributed by atoms with E-state index in [9.17, 15) is 4.79 Å². The minimum Gasteiger partial charge on any atom is -0.396 e. The second-order valence-corrected chi connectivity index (χ2v) is 4.66. The zero-order chi connectivity index (χ0) is 13.5. The fourth-order valence-corrected chi connectivity index (χ4v) is 1.67. The van der Waals surface area contributed by atoms with Crippen molar-refractivity contribution in [1.29, 1.82) is 0 Å². The quantitative estimate of drug-likeness (QED) is 0.720. The predicted octanol–water partition coefficient (Wildman–Crippen LogP) is 1.68. The molecule has 18 heavy (non-hydrogen) atoms. The van der Waals surface area contributed by atoms with Crippen molar-refractivity contribution in [2.24, 2.45) is 0 Å². The summed E-state index contributed by atoms with van der Waals surface area (Å²) in [4.78, 5) is 11.9. The van der Waals surface area contributed by atoms with Crippen LogP contribution in [0.25, 0.3) is 0 Å². The van der Waals surface area contributed by atoms with Crippen LogP contribution in [0, 0.1) is 6.92 Å². The highest BCUT2D eigenvalue weighted by atomic mass is 16.3. The van der Waals surface area contributed by atoms with Gasteiger partial charge in [-0.1, -0.05) is 17.7 Å². The Balaban J connectivity index is 2.46. The lowest BCUT2D eigenvalue weighted by Gasteiger charge is -2.19. The van der Waals surface area contributed by atoms with Gasteiger partial charge in [-0.15, -0.1) is 0 Å². The van der Waals surface area contributed by atoms with Gasteiger partial charge in [-0.25, -0.2) is 0 Å². The molecule has 0 radical (unpaired) electrons. The summed E-state index contributed by atoms with van der Waals surface area (Å²) in [6, 6.07) is 7.53. The number of amides is 1. The van der Waals surface area contributed by atoms with Gasteiger partial charge in [-0.3, -0.25) is 4.79 Å². The number of nitrogens with one attached hydrogen (secondary N) is 2. The Hall–Kier alpha value is -1.39. The molecule has 1 aromatic carbocycles. The number of aryl methyl sites for hydroxylation is 1. The number of carbonyl (C=O) groups is 1. The topological polar surface area (TPSA) is 61.4 Å². The van der Waals surface area contributed by atoms with E-state index in [4.69, 9.17) is 5.11 Å². The van der Waals surface area contributed by atoms with E-state index in [0.29, 0.717) is 6.42 Å². The van der Waals surface area contributed by atoms with Crippen LogP contribution < -0.4 is 10.6 Å². The molecule has 4 heteroatoms. The van der Waals surface area contributed by atoms with Gasteiger partial charge < -0.3 is 15.7 Å². The second kappa shape index (κ2) is 7.13. The van der Waals surface area contributed by atoms with Gasteiger partial charge in [0.15, 0.2) is 0 Å². The highest BCUT2D eigenvalue weighted by Crippen LogP contribution is 2.09. The SMILES string of the molecule is Cc1ccc(NC(=O)C(C)NC(C)CCO)cc1. The van der Waals surface area contributed by atoms with Crippen molar-refractivity contribution in [2.45, 2.75) is 39.3 Å². The second-order valence-electron chi connectivity index (χ2n) is 4.66. The van der Waals surface area contributed by atoms with Crippen molar-refractivity contribution >= 4 is 11.6 Å². The number of anilines is 1. The van der Waals surface area contributed by atoms with E-state index in [-0.39, 0.29) is 24.6 Å². The van der Waals surface area contributed by atoms with Crippen LogP contribution in [-0.2, 0) is 4.79 Å². The summed E-state index contributed by atoms with van der Waals surface area (Å²) in [5.41, 5.74) is 1.96. The Morgan fingerprint density at radius 3 is 2.44 bits per heavy atom. The van der Waals surface area contributed by atoms with Gasteiger partial charge in [0, 0.05) is 18.3 Å². The third kappa shape index (κ3) is 4.85. The Morgan fingerprint density at radius 2 is 1.89 bits per heavy atom. The van der Waals surface area contributed by atoms with Crippen LogP contribution in [0.1, 0.15) is 25.8 Å². The molecule has 1 amide bonds. The molecule has 0 aromatic heterocycles. The standard InChI is InChI=1S/C14H22N2O2/c1-10-4-6-13(7-5-10)16-14(18)12(3)15-11(2)8-9-17/h4-7,11-12,15,17H,8-9H2,1-3H3,(H,16,18). The number of benzene rings is 1. The summed E-state index contributed by atoms with van der Waals surface area (Å²) in [7, 11) is 0. The van der Waals surface area contributed by atoms with Gasteiger partial charge in [0.1, 0.15) is 0 Å². The minimum atomic E-state index is -0.284. The highest BCUT2D eigenvalue weighted by molar-refractivity contribution is 5.94. The molecule has 0 spiro atoms. The Bertz CT molecular complexity index is 376. The first-order valence-electron chi connectivity index (χ1n) is 6.27. The van der Waals surface area contributed by atoms with E-state index in [1.54, 1.807) is 0 Å². The normalized spacial score (nSPS) is 14.0. The number of carbonyl (C=O) groups excluding carboxylic acids is 1. The molecule has 0 saturated carbocycles. The molecule has 0 fully saturated rings. The number of rotatable bonds is 6. The molecule has 100 valence electrons. The summed E-state index contributed by atoms with van der Waals surface area (Å²) in [6.07, 6.45) is 0.641. The zero-order valence-electron chi connectivity index (χ0n) is 11.2. The van der Waals surface area contributed by atoms with Crippen LogP contribution >= 0.6 is 0 Å². The Kier molecular flexibility index (Phi) is 5.82. The van der Waals surface area contributed by atoms with Crippen LogP contribution in [0.15, 0.2) is 24.3 Å². The number of aliphatic hydroxyl groups is 1. The minimum absolute atomic E-state index is 0.0661. The van der Waals surface area contributed by atoms with Gasteiger partial charge >= 0.3 is 0 Å². The van der Waals surface area contributed by atoms with Gasteiger partial charge in [0.2, 0.25) is 5.91 Å². The molecule has 0 aliphatic heterocycles. The lowest BCUT2D eigenvalue weighted by Crippen LogP contribution is -2.43. The van der Waals surface area contributed by atoms with Crippen molar-refractivity contribution in [3.63, 3.8) is 0 Å². The Morgan fingerprint density at radius 1 is 1.28 bits per heavy atom. The molecule has 0 heterocycles. The summed E-state index contributed by atoms with van der Waals surface area (Å²) in [6.45, 7) is 5.90. The molecule has 2 unspecified atom stereocenters. The maximum Gasteiger partial charge on any atom is 0.241 e. The van der Waals surface area contributed by atoms with Gasteiger partial charge in [-0.2, -0.15) is 0 Å². The predicted molar refractivity (Wildman–Crippen MR) is 73.6 cm³/mol. The van der Waals surface area contributed by atoms with Crippen molar-refractivity contribution in [3.05, 3.63) is 29.8 Å². The van der Waals surface area contributed by atoms with Crippen LogP contribution in [0.5, 0.6) is 0 Å². The smallest absolute Gasteiger partial charge is 0.241 e. The molecule has 0 saturated heterocycles. The van der Waals surface area contributed by atoms with E-state index in [0.717, 1.165) is 11.3 Å². The van der Waals surface area contributed by atoms with Crippen molar-refractivity contribution in [1.82, 2.24) is 5.32 Å². The lowest BCUT2D eigenvalue weighted by molar-refractivity contribution is -0.118. The van der Waals surface area contributed by atoms with Crippen LogP contribution in [0.3, 0.4) is 0 Å². The van der Waals surface area contributed by atoms with Crippen LogP contribution in [0.2, 0.25) is 0 Å². The molecule has 1 aromatic rings. The maximum absolute atomic E-state index is 11.9. The molecule has 0 aliphatic carbocycles. The van der Waals surface area contributed by atoms with Crippen LogP contribution in [0.4, 0.5) is 5.69 Å². The first-order valence-corrected chi connectivity index (χ1v) is 6.27. The average molecular weight is 250 g/mol. The monoisotopic (exact) mass is 250 g/mol. The fraction of sp³-hybridized carbons (Fsp3) is 0.500. The molecule has 3 N–H and O–H groups in total. The van der Waals surface area contributed by atoms with Crippen molar-refractivity contribution in [3.8, 4) is 0 Å². The molecule has 2 atom stereocenters. The third-order valence-electron chi connectivity index (χ3n) is 2.81. The number of hydrogen-bond acceptors (Lipinski definition) is 3. The first-order chi connectivity index (χ1) is 8.52. The van der Waals surface area contributed by atoms with Gasteiger partial charge in [-0.05, 0) is 39.3 Å². The molecule has 4 nitrogen and oxygen atoms in total. The van der Waals surface area contributed by atoms with E-state index in [1.165, 1.54) is 0 Å². The number of hydrogen-bond donors (Lipinski definition) is 3. The highest BCUT2D eigenvalue weighted by Gasteiger charge is 2.14. The Labute approximate surface area is 108 Å². The van der Waals surface area contributed by atoms with E-state index in [2.05, 4.69) is 10.6 Å². The summed E-state index contributed by atoms with van der Waals surface area (Å²) >= 11 is 0.